The van der Waals surface area contributed by atoms with E-state index < -0.39 is 11.7 Å². The molecule has 0 aliphatic carbocycles. The zero-order valence-electron chi connectivity index (χ0n) is 16.3. The Morgan fingerprint density at radius 2 is 1.59 bits per heavy atom. The first-order chi connectivity index (χ1) is 13.8. The molecule has 0 radical (unpaired) electrons. The predicted molar refractivity (Wildman–Crippen MR) is 103 cm³/mol. The summed E-state index contributed by atoms with van der Waals surface area (Å²) in [6.45, 7) is 0.315. The molecule has 5 nitrogen and oxygen atoms in total. The third kappa shape index (κ3) is 6.17. The molecule has 0 bridgehead atoms. The zero-order chi connectivity index (χ0) is 21.4. The fraction of sp³-hybridized carbons (Fsp3) is 0.286. The second kappa shape index (κ2) is 9.86. The Balaban J connectivity index is 1.95. The summed E-state index contributed by atoms with van der Waals surface area (Å²) in [4.78, 5) is 12.0. The van der Waals surface area contributed by atoms with Crippen LogP contribution in [0.3, 0.4) is 0 Å². The van der Waals surface area contributed by atoms with Gasteiger partial charge in [-0.15, -0.1) is 0 Å². The number of hydrogen-bond acceptors (Lipinski definition) is 4. The Kier molecular flexibility index (Phi) is 7.52. The lowest BCUT2D eigenvalue weighted by atomic mass is 10.1. The highest BCUT2D eigenvalue weighted by Gasteiger charge is 2.29. The van der Waals surface area contributed by atoms with E-state index in [1.165, 1.54) is 45.6 Å². The number of methoxy groups -OCH3 is 3. The van der Waals surface area contributed by atoms with Gasteiger partial charge in [-0.05, 0) is 30.2 Å². The average Bonchev–Trinajstić information content (AvgIpc) is 2.71. The van der Waals surface area contributed by atoms with Gasteiger partial charge in [-0.3, -0.25) is 4.79 Å². The van der Waals surface area contributed by atoms with Crippen LogP contribution in [-0.2, 0) is 17.4 Å². The van der Waals surface area contributed by atoms with E-state index in [9.17, 15) is 18.0 Å². The van der Waals surface area contributed by atoms with Gasteiger partial charge in [0.05, 0.1) is 26.9 Å². The van der Waals surface area contributed by atoms with Crippen LogP contribution in [0.25, 0.3) is 6.08 Å². The smallest absolute Gasteiger partial charge is 0.416 e. The van der Waals surface area contributed by atoms with Crippen LogP contribution < -0.4 is 19.5 Å². The van der Waals surface area contributed by atoms with Crippen molar-refractivity contribution < 1.29 is 32.2 Å². The molecule has 0 saturated heterocycles. The van der Waals surface area contributed by atoms with Gasteiger partial charge in [0.2, 0.25) is 5.91 Å². The van der Waals surface area contributed by atoms with E-state index in [1.54, 1.807) is 12.1 Å². The van der Waals surface area contributed by atoms with Gasteiger partial charge >= 0.3 is 6.18 Å². The van der Waals surface area contributed by atoms with E-state index in [1.807, 2.05) is 0 Å². The maximum absolute atomic E-state index is 12.6. The number of rotatable bonds is 8. The standard InChI is InChI=1S/C21H22F3NO4/c1-27-16-12-18(28-2)17(19(13-16)29-3)10-11-25-20(26)9-6-14-4-7-15(8-5-14)21(22,23)24/h4-9,12-13H,10-11H2,1-3H3,(H,25,26). The summed E-state index contributed by atoms with van der Waals surface area (Å²) in [7, 11) is 4.60. The SMILES string of the molecule is COc1cc(OC)c(CCNC(=O)C=Cc2ccc(C(F)(F)F)cc2)c(OC)c1. The Bertz CT molecular complexity index is 836. The van der Waals surface area contributed by atoms with Crippen LogP contribution in [0.5, 0.6) is 17.2 Å². The minimum absolute atomic E-state index is 0.315. The van der Waals surface area contributed by atoms with Crippen molar-refractivity contribution in [3.05, 3.63) is 59.2 Å². The van der Waals surface area contributed by atoms with E-state index in [2.05, 4.69) is 5.32 Å². The molecule has 8 heteroatoms. The lowest BCUT2D eigenvalue weighted by Gasteiger charge is -2.15. The summed E-state index contributed by atoms with van der Waals surface area (Å²) in [6.07, 6.45) is -1.21. The van der Waals surface area contributed by atoms with Gasteiger partial charge in [-0.2, -0.15) is 13.2 Å². The van der Waals surface area contributed by atoms with Gasteiger partial charge in [0.15, 0.2) is 0 Å². The zero-order valence-corrected chi connectivity index (χ0v) is 16.3. The summed E-state index contributed by atoms with van der Waals surface area (Å²) < 4.78 is 53.6. The van der Waals surface area contributed by atoms with Crippen LogP contribution in [0.2, 0.25) is 0 Å². The van der Waals surface area contributed by atoms with Gasteiger partial charge in [-0.1, -0.05) is 12.1 Å². The van der Waals surface area contributed by atoms with E-state index in [4.69, 9.17) is 14.2 Å². The molecule has 0 unspecified atom stereocenters. The maximum Gasteiger partial charge on any atom is 0.416 e. The molecule has 156 valence electrons. The third-order valence-corrected chi connectivity index (χ3v) is 4.16. The number of carbonyl (C=O) groups excluding carboxylic acids is 1. The number of amides is 1. The highest BCUT2D eigenvalue weighted by molar-refractivity contribution is 5.91. The summed E-state index contributed by atoms with van der Waals surface area (Å²) in [5.41, 5.74) is 0.538. The van der Waals surface area contributed by atoms with Gasteiger partial charge in [0.25, 0.3) is 0 Å². The molecule has 1 amide bonds. The molecule has 2 aromatic carbocycles. The Morgan fingerprint density at radius 3 is 2.07 bits per heavy atom. The predicted octanol–water partition coefficient (Wildman–Crippen LogP) is 4.10. The Morgan fingerprint density at radius 1 is 1.00 bits per heavy atom. The average molecular weight is 409 g/mol. The first-order valence-electron chi connectivity index (χ1n) is 8.70. The third-order valence-electron chi connectivity index (χ3n) is 4.16. The van der Waals surface area contributed by atoms with Gasteiger partial charge in [-0.25, -0.2) is 0 Å². The van der Waals surface area contributed by atoms with Crippen molar-refractivity contribution in [1.82, 2.24) is 5.32 Å². The monoisotopic (exact) mass is 409 g/mol. The topological polar surface area (TPSA) is 56.8 Å². The van der Waals surface area contributed by atoms with Crippen LogP contribution in [0, 0.1) is 0 Å². The number of ether oxygens (including phenoxy) is 3. The van der Waals surface area contributed by atoms with Crippen molar-refractivity contribution in [3.63, 3.8) is 0 Å². The molecular formula is C21H22F3NO4. The second-order valence-corrected chi connectivity index (χ2v) is 6.00. The van der Waals surface area contributed by atoms with Crippen molar-refractivity contribution in [2.45, 2.75) is 12.6 Å². The van der Waals surface area contributed by atoms with Crippen LogP contribution in [0.1, 0.15) is 16.7 Å². The van der Waals surface area contributed by atoms with Gasteiger partial charge < -0.3 is 19.5 Å². The largest absolute Gasteiger partial charge is 0.496 e. The van der Waals surface area contributed by atoms with Crippen LogP contribution in [-0.4, -0.2) is 33.8 Å². The minimum atomic E-state index is -4.39. The number of alkyl halides is 3. The normalized spacial score (nSPS) is 11.4. The van der Waals surface area contributed by atoms with Crippen molar-refractivity contribution in [2.75, 3.05) is 27.9 Å². The van der Waals surface area contributed by atoms with E-state index >= 15 is 0 Å². The summed E-state index contributed by atoms with van der Waals surface area (Å²) in [6, 6.07) is 8.01. The van der Waals surface area contributed by atoms with Crippen molar-refractivity contribution in [1.29, 1.82) is 0 Å². The summed E-state index contributed by atoms with van der Waals surface area (Å²) in [5.74, 6) is 1.38. The lowest BCUT2D eigenvalue weighted by molar-refractivity contribution is -0.137. The molecule has 0 atom stereocenters. The molecule has 2 rings (SSSR count). The second-order valence-electron chi connectivity index (χ2n) is 6.00. The lowest BCUT2D eigenvalue weighted by Crippen LogP contribution is -2.23. The van der Waals surface area contributed by atoms with Gasteiger partial charge in [0.1, 0.15) is 17.2 Å². The molecule has 0 fully saturated rings. The number of nitrogens with one attached hydrogen (secondary N) is 1. The van der Waals surface area contributed by atoms with Crippen LogP contribution in [0.15, 0.2) is 42.5 Å². The minimum Gasteiger partial charge on any atom is -0.496 e. The fourth-order valence-electron chi connectivity index (χ4n) is 2.65. The number of hydrogen-bond donors (Lipinski definition) is 1. The van der Waals surface area contributed by atoms with Crippen molar-refractivity contribution >= 4 is 12.0 Å². The molecule has 0 aliphatic rings. The van der Waals surface area contributed by atoms with E-state index in [0.717, 1.165) is 17.7 Å². The fourth-order valence-corrected chi connectivity index (χ4v) is 2.65. The first-order valence-corrected chi connectivity index (χ1v) is 8.70. The molecule has 29 heavy (non-hydrogen) atoms. The Labute approximate surface area is 167 Å². The molecular weight excluding hydrogens is 387 g/mol. The van der Waals surface area contributed by atoms with Gasteiger partial charge in [0, 0.05) is 30.3 Å². The first kappa shape index (κ1) is 22.1. The Hall–Kier alpha value is -3.16. The van der Waals surface area contributed by atoms with Crippen LogP contribution >= 0.6 is 0 Å². The molecule has 0 heterocycles. The highest BCUT2D eigenvalue weighted by Crippen LogP contribution is 2.34. The molecule has 2 aromatic rings. The maximum atomic E-state index is 12.6. The summed E-state index contributed by atoms with van der Waals surface area (Å²) >= 11 is 0. The molecule has 0 aromatic heterocycles. The highest BCUT2D eigenvalue weighted by atomic mass is 19.4. The van der Waals surface area contributed by atoms with E-state index in [0.29, 0.717) is 35.8 Å². The van der Waals surface area contributed by atoms with Crippen LogP contribution in [0.4, 0.5) is 13.2 Å². The number of carbonyl (C=O) groups is 1. The van der Waals surface area contributed by atoms with Crippen molar-refractivity contribution in [3.8, 4) is 17.2 Å². The number of halogens is 3. The summed E-state index contributed by atoms with van der Waals surface area (Å²) in [5, 5.41) is 2.72. The molecule has 1 N–H and O–H groups in total. The van der Waals surface area contributed by atoms with Crippen molar-refractivity contribution in [2.24, 2.45) is 0 Å². The molecule has 0 aliphatic heterocycles. The van der Waals surface area contributed by atoms with E-state index in [-0.39, 0.29) is 5.91 Å². The molecule has 0 saturated carbocycles. The number of benzene rings is 2. The molecule has 0 spiro atoms. The quantitative estimate of drug-likeness (QED) is 0.667.